The SMILES string of the molecule is CC(NCCCN1CCCCC1C)c1cscn1. The largest absolute Gasteiger partial charge is 0.309 e. The lowest BCUT2D eigenvalue weighted by Gasteiger charge is -2.33. The molecule has 0 aromatic carbocycles. The van der Waals surface area contributed by atoms with E-state index in [4.69, 9.17) is 0 Å². The number of piperidine rings is 1. The van der Waals surface area contributed by atoms with E-state index in [2.05, 4.69) is 34.4 Å². The Hall–Kier alpha value is -0.450. The molecule has 2 rings (SSSR count). The Morgan fingerprint density at radius 3 is 3.17 bits per heavy atom. The molecule has 2 unspecified atom stereocenters. The minimum Gasteiger partial charge on any atom is -0.309 e. The summed E-state index contributed by atoms with van der Waals surface area (Å²) in [6, 6.07) is 1.17. The van der Waals surface area contributed by atoms with Crippen LogP contribution in [0.4, 0.5) is 0 Å². The topological polar surface area (TPSA) is 28.2 Å². The smallest absolute Gasteiger partial charge is 0.0795 e. The Morgan fingerprint density at radius 2 is 2.44 bits per heavy atom. The molecule has 2 heterocycles. The average molecular weight is 267 g/mol. The lowest BCUT2D eigenvalue weighted by molar-refractivity contribution is 0.158. The van der Waals surface area contributed by atoms with E-state index in [0.29, 0.717) is 6.04 Å². The summed E-state index contributed by atoms with van der Waals surface area (Å²) in [5.41, 5.74) is 3.08. The summed E-state index contributed by atoms with van der Waals surface area (Å²) in [6.07, 6.45) is 5.41. The highest BCUT2D eigenvalue weighted by Gasteiger charge is 2.17. The van der Waals surface area contributed by atoms with E-state index in [1.165, 1.54) is 44.5 Å². The van der Waals surface area contributed by atoms with Gasteiger partial charge in [0.05, 0.1) is 11.2 Å². The van der Waals surface area contributed by atoms with Crippen molar-refractivity contribution < 1.29 is 0 Å². The Bertz CT molecular complexity index is 326. The first-order chi connectivity index (χ1) is 8.77. The normalized spacial score (nSPS) is 23.1. The third kappa shape index (κ3) is 4.04. The Morgan fingerprint density at radius 1 is 1.56 bits per heavy atom. The van der Waals surface area contributed by atoms with Crippen molar-refractivity contribution in [2.45, 2.75) is 51.6 Å². The van der Waals surface area contributed by atoms with E-state index in [1.54, 1.807) is 11.3 Å². The Balaban J connectivity index is 1.61. The van der Waals surface area contributed by atoms with Crippen molar-refractivity contribution in [2.24, 2.45) is 0 Å². The number of aromatic nitrogens is 1. The summed E-state index contributed by atoms with van der Waals surface area (Å²) in [5.74, 6) is 0. The Labute approximate surface area is 115 Å². The zero-order valence-corrected chi connectivity index (χ0v) is 12.4. The molecule has 4 heteroatoms. The van der Waals surface area contributed by atoms with Gasteiger partial charge in [0.15, 0.2) is 0 Å². The monoisotopic (exact) mass is 267 g/mol. The lowest BCUT2D eigenvalue weighted by Crippen LogP contribution is -2.39. The highest BCUT2D eigenvalue weighted by molar-refractivity contribution is 7.07. The molecule has 0 amide bonds. The van der Waals surface area contributed by atoms with Crippen molar-refractivity contribution in [2.75, 3.05) is 19.6 Å². The van der Waals surface area contributed by atoms with Crippen LogP contribution in [0.2, 0.25) is 0 Å². The third-order valence-electron chi connectivity index (χ3n) is 3.91. The minimum absolute atomic E-state index is 0.384. The maximum absolute atomic E-state index is 4.34. The molecule has 0 saturated carbocycles. The summed E-state index contributed by atoms with van der Waals surface area (Å²) < 4.78 is 0. The van der Waals surface area contributed by atoms with Crippen LogP contribution in [0.15, 0.2) is 10.9 Å². The molecule has 1 aliphatic heterocycles. The molecule has 1 N–H and O–H groups in total. The number of nitrogens with one attached hydrogen (secondary N) is 1. The number of rotatable bonds is 6. The molecule has 1 aromatic rings. The molecule has 18 heavy (non-hydrogen) atoms. The van der Waals surface area contributed by atoms with Crippen molar-refractivity contribution in [3.8, 4) is 0 Å². The van der Waals surface area contributed by atoms with Crippen molar-refractivity contribution in [1.82, 2.24) is 15.2 Å². The van der Waals surface area contributed by atoms with Crippen molar-refractivity contribution in [1.29, 1.82) is 0 Å². The highest BCUT2D eigenvalue weighted by Crippen LogP contribution is 2.16. The van der Waals surface area contributed by atoms with Crippen LogP contribution in [0.25, 0.3) is 0 Å². The molecule has 102 valence electrons. The average Bonchev–Trinajstić information content (AvgIpc) is 2.90. The quantitative estimate of drug-likeness (QED) is 0.803. The zero-order chi connectivity index (χ0) is 12.8. The van der Waals surface area contributed by atoms with Gasteiger partial charge in [0, 0.05) is 17.5 Å². The molecule has 0 spiro atoms. The van der Waals surface area contributed by atoms with Crippen LogP contribution >= 0.6 is 11.3 Å². The van der Waals surface area contributed by atoms with Gasteiger partial charge in [0.2, 0.25) is 0 Å². The molecule has 1 fully saturated rings. The standard InChI is InChI=1S/C14H25N3S/c1-12-6-3-4-8-17(12)9-5-7-15-13(2)14-10-18-11-16-14/h10-13,15H,3-9H2,1-2H3. The number of thiazole rings is 1. The van der Waals surface area contributed by atoms with E-state index in [9.17, 15) is 0 Å². The van der Waals surface area contributed by atoms with Gasteiger partial charge in [-0.3, -0.25) is 0 Å². The molecule has 0 aliphatic carbocycles. The first-order valence-electron chi connectivity index (χ1n) is 7.13. The summed E-state index contributed by atoms with van der Waals surface area (Å²) >= 11 is 1.67. The molecule has 0 bridgehead atoms. The van der Waals surface area contributed by atoms with Gasteiger partial charge in [0.25, 0.3) is 0 Å². The Kier molecular flexibility index (Phi) is 5.60. The number of likely N-dealkylation sites (tertiary alicyclic amines) is 1. The van der Waals surface area contributed by atoms with Crippen molar-refractivity contribution >= 4 is 11.3 Å². The van der Waals surface area contributed by atoms with E-state index in [-0.39, 0.29) is 0 Å². The predicted octanol–water partition coefficient (Wildman–Crippen LogP) is 3.06. The van der Waals surface area contributed by atoms with Gasteiger partial charge in [-0.15, -0.1) is 11.3 Å². The van der Waals surface area contributed by atoms with Crippen LogP contribution in [0.3, 0.4) is 0 Å². The highest BCUT2D eigenvalue weighted by atomic mass is 32.1. The van der Waals surface area contributed by atoms with Gasteiger partial charge in [-0.2, -0.15) is 0 Å². The molecule has 1 aromatic heterocycles. The summed E-state index contributed by atoms with van der Waals surface area (Å²) in [4.78, 5) is 6.98. The van der Waals surface area contributed by atoms with Crippen molar-refractivity contribution in [3.05, 3.63) is 16.6 Å². The molecule has 1 saturated heterocycles. The first kappa shape index (κ1) is 14.0. The fraction of sp³-hybridized carbons (Fsp3) is 0.786. The van der Waals surface area contributed by atoms with Crippen LogP contribution in [-0.2, 0) is 0 Å². The summed E-state index contributed by atoms with van der Waals surface area (Å²) in [5, 5.41) is 5.69. The second-order valence-corrected chi connectivity index (χ2v) is 6.04. The molecular formula is C14H25N3S. The molecule has 1 aliphatic rings. The molecule has 0 radical (unpaired) electrons. The fourth-order valence-corrected chi connectivity index (χ4v) is 3.28. The van der Waals surface area contributed by atoms with Crippen LogP contribution in [0.5, 0.6) is 0 Å². The number of nitrogens with zero attached hydrogens (tertiary/aromatic N) is 2. The second-order valence-electron chi connectivity index (χ2n) is 5.32. The third-order valence-corrected chi connectivity index (χ3v) is 4.51. The van der Waals surface area contributed by atoms with Crippen LogP contribution < -0.4 is 5.32 Å². The molecule has 2 atom stereocenters. The van der Waals surface area contributed by atoms with Crippen LogP contribution in [0.1, 0.15) is 51.3 Å². The lowest BCUT2D eigenvalue weighted by atomic mass is 10.0. The van der Waals surface area contributed by atoms with E-state index in [1.807, 2.05) is 5.51 Å². The van der Waals surface area contributed by atoms with Gasteiger partial charge in [-0.05, 0) is 52.7 Å². The molecular weight excluding hydrogens is 242 g/mol. The first-order valence-corrected chi connectivity index (χ1v) is 8.07. The fourth-order valence-electron chi connectivity index (χ4n) is 2.63. The minimum atomic E-state index is 0.384. The zero-order valence-electron chi connectivity index (χ0n) is 11.6. The van der Waals surface area contributed by atoms with Gasteiger partial charge < -0.3 is 10.2 Å². The van der Waals surface area contributed by atoms with Crippen LogP contribution in [-0.4, -0.2) is 35.6 Å². The summed E-state index contributed by atoms with van der Waals surface area (Å²) in [6.45, 7) is 8.17. The summed E-state index contributed by atoms with van der Waals surface area (Å²) in [7, 11) is 0. The maximum Gasteiger partial charge on any atom is 0.0795 e. The van der Waals surface area contributed by atoms with Gasteiger partial charge in [0.1, 0.15) is 0 Å². The maximum atomic E-state index is 4.34. The predicted molar refractivity (Wildman–Crippen MR) is 78.0 cm³/mol. The van der Waals surface area contributed by atoms with E-state index in [0.717, 1.165) is 12.6 Å². The number of hydrogen-bond acceptors (Lipinski definition) is 4. The van der Waals surface area contributed by atoms with Crippen molar-refractivity contribution in [3.63, 3.8) is 0 Å². The van der Waals surface area contributed by atoms with Gasteiger partial charge >= 0.3 is 0 Å². The van der Waals surface area contributed by atoms with E-state index < -0.39 is 0 Å². The van der Waals surface area contributed by atoms with Crippen LogP contribution in [0, 0.1) is 0 Å². The van der Waals surface area contributed by atoms with Gasteiger partial charge in [-0.1, -0.05) is 6.42 Å². The molecule has 3 nitrogen and oxygen atoms in total. The number of hydrogen-bond donors (Lipinski definition) is 1. The second kappa shape index (κ2) is 7.22. The van der Waals surface area contributed by atoms with E-state index >= 15 is 0 Å². The van der Waals surface area contributed by atoms with Gasteiger partial charge in [-0.25, -0.2) is 4.98 Å².